The molecule has 0 aliphatic heterocycles. The van der Waals surface area contributed by atoms with E-state index < -0.39 is 10.8 Å². The molecular weight excluding hydrogens is 248 g/mol. The Balaban J connectivity index is 2.71. The Morgan fingerprint density at radius 1 is 1.37 bits per heavy atom. The van der Waals surface area contributed by atoms with Gasteiger partial charge in [0.1, 0.15) is 5.69 Å². The van der Waals surface area contributed by atoms with Gasteiger partial charge >= 0.3 is 0 Å². The van der Waals surface area contributed by atoms with Crippen molar-refractivity contribution in [3.05, 3.63) is 51.3 Å². The van der Waals surface area contributed by atoms with E-state index in [2.05, 4.69) is 5.10 Å². The number of nitrogens with two attached hydrogens (primary N) is 1. The van der Waals surface area contributed by atoms with E-state index in [-0.39, 0.29) is 16.9 Å². The fraction of sp³-hybridized carbons (Fsp3) is 0.167. The number of nitro groups is 1. The topological polar surface area (TPSA) is 104 Å². The van der Waals surface area contributed by atoms with Crippen LogP contribution in [0.5, 0.6) is 0 Å². The van der Waals surface area contributed by atoms with Crippen molar-refractivity contribution in [2.45, 2.75) is 13.8 Å². The minimum Gasteiger partial charge on any atom is -0.366 e. The van der Waals surface area contributed by atoms with Crippen molar-refractivity contribution in [3.8, 4) is 5.69 Å². The Morgan fingerprint density at radius 3 is 2.53 bits per heavy atom. The second kappa shape index (κ2) is 4.52. The maximum absolute atomic E-state index is 11.2. The Labute approximate surface area is 108 Å². The van der Waals surface area contributed by atoms with E-state index in [9.17, 15) is 14.9 Å². The van der Waals surface area contributed by atoms with Crippen molar-refractivity contribution in [2.24, 2.45) is 5.73 Å². The normalized spacial score (nSPS) is 10.4. The smallest absolute Gasteiger partial charge is 0.294 e. The molecule has 0 spiro atoms. The van der Waals surface area contributed by atoms with Gasteiger partial charge in [0.25, 0.3) is 5.69 Å². The molecule has 7 heteroatoms. The second-order valence-corrected chi connectivity index (χ2v) is 4.16. The molecule has 1 aromatic heterocycles. The van der Waals surface area contributed by atoms with Crippen LogP contribution in [0.25, 0.3) is 5.69 Å². The van der Waals surface area contributed by atoms with Crippen LogP contribution in [-0.2, 0) is 0 Å². The third-order valence-corrected chi connectivity index (χ3v) is 2.69. The molecule has 1 amide bonds. The summed E-state index contributed by atoms with van der Waals surface area (Å²) in [4.78, 5) is 21.7. The van der Waals surface area contributed by atoms with Gasteiger partial charge in [-0.3, -0.25) is 14.9 Å². The van der Waals surface area contributed by atoms with Gasteiger partial charge in [-0.15, -0.1) is 0 Å². The highest BCUT2D eigenvalue weighted by molar-refractivity contribution is 5.93. The van der Waals surface area contributed by atoms with Crippen molar-refractivity contribution < 1.29 is 9.72 Å². The van der Waals surface area contributed by atoms with Gasteiger partial charge in [-0.25, -0.2) is 4.68 Å². The number of hydrogen-bond donors (Lipinski definition) is 1. The van der Waals surface area contributed by atoms with Gasteiger partial charge in [-0.05, 0) is 32.0 Å². The fourth-order valence-electron chi connectivity index (χ4n) is 1.87. The van der Waals surface area contributed by atoms with Gasteiger partial charge in [0, 0.05) is 17.3 Å². The number of hydrogen-bond acceptors (Lipinski definition) is 4. The molecule has 0 fully saturated rings. The summed E-state index contributed by atoms with van der Waals surface area (Å²) in [5, 5.41) is 15.2. The summed E-state index contributed by atoms with van der Waals surface area (Å²) in [5.74, 6) is -0.641. The molecule has 0 unspecified atom stereocenters. The first-order chi connectivity index (χ1) is 8.90. The van der Waals surface area contributed by atoms with Crippen molar-refractivity contribution in [1.82, 2.24) is 9.78 Å². The lowest BCUT2D eigenvalue weighted by molar-refractivity contribution is -0.384. The third kappa shape index (κ3) is 2.30. The highest BCUT2D eigenvalue weighted by atomic mass is 16.6. The van der Waals surface area contributed by atoms with Crippen LogP contribution < -0.4 is 5.73 Å². The standard InChI is InChI=1S/C12H12N4O3/c1-7-5-8(2)15(14-7)11-6-9(12(13)17)3-4-10(11)16(18)19/h3-6H,1-2H3,(H2,13,17). The van der Waals surface area contributed by atoms with E-state index in [0.717, 1.165) is 11.4 Å². The van der Waals surface area contributed by atoms with Crippen LogP contribution in [0.3, 0.4) is 0 Å². The van der Waals surface area contributed by atoms with Crippen LogP contribution in [0.4, 0.5) is 5.69 Å². The molecule has 98 valence electrons. The quantitative estimate of drug-likeness (QED) is 0.666. The van der Waals surface area contributed by atoms with Gasteiger partial charge in [0.2, 0.25) is 5.91 Å². The molecule has 19 heavy (non-hydrogen) atoms. The SMILES string of the molecule is Cc1cc(C)n(-c2cc(C(N)=O)ccc2[N+](=O)[O-])n1. The summed E-state index contributed by atoms with van der Waals surface area (Å²) in [5.41, 5.74) is 6.96. The molecule has 0 saturated carbocycles. The maximum Gasteiger partial charge on any atom is 0.294 e. The number of aryl methyl sites for hydroxylation is 2. The number of nitrogens with zero attached hydrogens (tertiary/aromatic N) is 3. The third-order valence-electron chi connectivity index (χ3n) is 2.69. The van der Waals surface area contributed by atoms with Gasteiger partial charge in [0.05, 0.1) is 10.6 Å². The van der Waals surface area contributed by atoms with Crippen molar-refractivity contribution >= 4 is 11.6 Å². The van der Waals surface area contributed by atoms with Crippen LogP contribution in [-0.4, -0.2) is 20.6 Å². The van der Waals surface area contributed by atoms with E-state index in [1.165, 1.54) is 22.9 Å². The van der Waals surface area contributed by atoms with Crippen LogP contribution in [0.2, 0.25) is 0 Å². The van der Waals surface area contributed by atoms with Gasteiger partial charge in [0.15, 0.2) is 0 Å². The molecule has 0 bridgehead atoms. The number of amides is 1. The maximum atomic E-state index is 11.2. The van der Waals surface area contributed by atoms with Gasteiger partial charge in [-0.1, -0.05) is 0 Å². The highest BCUT2D eigenvalue weighted by Gasteiger charge is 2.19. The molecule has 2 N–H and O–H groups in total. The summed E-state index contributed by atoms with van der Waals surface area (Å²) in [6.07, 6.45) is 0. The summed E-state index contributed by atoms with van der Waals surface area (Å²) in [6, 6.07) is 5.75. The molecule has 0 atom stereocenters. The van der Waals surface area contributed by atoms with Gasteiger partial charge < -0.3 is 5.73 Å². The zero-order valence-electron chi connectivity index (χ0n) is 10.5. The van der Waals surface area contributed by atoms with E-state index >= 15 is 0 Å². The molecule has 0 aliphatic rings. The van der Waals surface area contributed by atoms with Crippen LogP contribution >= 0.6 is 0 Å². The largest absolute Gasteiger partial charge is 0.366 e. The summed E-state index contributed by atoms with van der Waals surface area (Å²) in [6.45, 7) is 3.56. The molecule has 2 rings (SSSR count). The second-order valence-electron chi connectivity index (χ2n) is 4.16. The number of aromatic nitrogens is 2. The first kappa shape index (κ1) is 12.7. The van der Waals surface area contributed by atoms with E-state index in [4.69, 9.17) is 5.73 Å². The van der Waals surface area contributed by atoms with Crippen LogP contribution in [0, 0.1) is 24.0 Å². The number of nitro benzene ring substituents is 1. The summed E-state index contributed by atoms with van der Waals surface area (Å²) < 4.78 is 1.43. The molecular formula is C12H12N4O3. The monoisotopic (exact) mass is 260 g/mol. The van der Waals surface area contributed by atoms with E-state index in [1.54, 1.807) is 19.9 Å². The number of rotatable bonds is 3. The number of carbonyl (C=O) groups is 1. The lowest BCUT2D eigenvalue weighted by Crippen LogP contribution is -2.13. The van der Waals surface area contributed by atoms with Gasteiger partial charge in [-0.2, -0.15) is 5.10 Å². The van der Waals surface area contributed by atoms with E-state index in [0.29, 0.717) is 0 Å². The molecule has 0 aliphatic carbocycles. The highest BCUT2D eigenvalue weighted by Crippen LogP contribution is 2.25. The van der Waals surface area contributed by atoms with E-state index in [1.807, 2.05) is 0 Å². The Bertz CT molecular complexity index is 676. The first-order valence-corrected chi connectivity index (χ1v) is 5.52. The molecule has 1 aromatic carbocycles. The molecule has 2 aromatic rings. The zero-order chi connectivity index (χ0) is 14.2. The Hall–Kier alpha value is -2.70. The first-order valence-electron chi connectivity index (χ1n) is 5.52. The predicted molar refractivity (Wildman–Crippen MR) is 68.2 cm³/mol. The number of primary amides is 1. The predicted octanol–water partition coefficient (Wildman–Crippen LogP) is 1.50. The molecule has 7 nitrogen and oxygen atoms in total. The molecule has 1 heterocycles. The lowest BCUT2D eigenvalue weighted by atomic mass is 10.1. The van der Waals surface area contributed by atoms with Crippen molar-refractivity contribution in [3.63, 3.8) is 0 Å². The minimum atomic E-state index is -0.641. The Kier molecular flexibility index (Phi) is 3.04. The van der Waals surface area contributed by atoms with Crippen LogP contribution in [0.1, 0.15) is 21.7 Å². The zero-order valence-corrected chi connectivity index (χ0v) is 10.5. The minimum absolute atomic E-state index is 0.129. The van der Waals surface area contributed by atoms with Crippen molar-refractivity contribution in [2.75, 3.05) is 0 Å². The summed E-state index contributed by atoms with van der Waals surface area (Å²) >= 11 is 0. The number of benzene rings is 1. The Morgan fingerprint density at radius 2 is 2.05 bits per heavy atom. The molecule has 0 radical (unpaired) electrons. The average molecular weight is 260 g/mol. The summed E-state index contributed by atoms with van der Waals surface area (Å²) in [7, 11) is 0. The average Bonchev–Trinajstić information content (AvgIpc) is 2.67. The van der Waals surface area contributed by atoms with Crippen molar-refractivity contribution in [1.29, 1.82) is 0 Å². The fourth-order valence-corrected chi connectivity index (χ4v) is 1.87. The lowest BCUT2D eigenvalue weighted by Gasteiger charge is -2.06. The molecule has 0 saturated heterocycles. The van der Waals surface area contributed by atoms with Crippen LogP contribution in [0.15, 0.2) is 24.3 Å². The number of carbonyl (C=O) groups excluding carboxylic acids is 1.